The molecule has 26 heavy (non-hydrogen) atoms. The van der Waals surface area contributed by atoms with Crippen LogP contribution < -0.4 is 5.73 Å². The van der Waals surface area contributed by atoms with Gasteiger partial charge in [0.1, 0.15) is 11.9 Å². The number of amides is 1. The molecule has 2 N–H and O–H groups in total. The number of benzene rings is 1. The van der Waals surface area contributed by atoms with E-state index in [9.17, 15) is 18.0 Å². The van der Waals surface area contributed by atoms with Crippen LogP contribution in [0.3, 0.4) is 0 Å². The second-order valence-electron chi connectivity index (χ2n) is 7.58. The number of carbonyl (C=O) groups is 1. The summed E-state index contributed by atoms with van der Waals surface area (Å²) in [5.74, 6) is -3.31. The van der Waals surface area contributed by atoms with E-state index in [-0.39, 0.29) is 41.8 Å². The molecular formula is C18H22F3N3O2. The van der Waals surface area contributed by atoms with Gasteiger partial charge >= 0.3 is 6.09 Å². The van der Waals surface area contributed by atoms with Gasteiger partial charge in [-0.15, -0.1) is 0 Å². The Bertz CT molecular complexity index is 732. The van der Waals surface area contributed by atoms with E-state index in [1.165, 1.54) is 0 Å². The summed E-state index contributed by atoms with van der Waals surface area (Å²) < 4.78 is 46.2. The minimum Gasteiger partial charge on any atom is -0.442 e. The van der Waals surface area contributed by atoms with Crippen molar-refractivity contribution < 1.29 is 22.7 Å². The smallest absolute Gasteiger partial charge is 0.410 e. The number of hydrogen-bond donors (Lipinski definition) is 1. The maximum atomic E-state index is 14.1. The van der Waals surface area contributed by atoms with Crippen molar-refractivity contribution in [2.75, 3.05) is 20.1 Å². The van der Waals surface area contributed by atoms with Crippen LogP contribution in [-0.2, 0) is 4.74 Å². The molecule has 1 saturated carbocycles. The van der Waals surface area contributed by atoms with Crippen LogP contribution in [0.2, 0.25) is 0 Å². The van der Waals surface area contributed by atoms with E-state index in [4.69, 9.17) is 10.5 Å². The quantitative estimate of drug-likeness (QED) is 0.812. The molecule has 1 aromatic rings. The molecule has 5 nitrogen and oxygen atoms in total. The van der Waals surface area contributed by atoms with E-state index in [0.29, 0.717) is 25.5 Å². The average Bonchev–Trinajstić information content (AvgIpc) is 3.11. The second kappa shape index (κ2) is 6.42. The summed E-state index contributed by atoms with van der Waals surface area (Å²) in [7, 11) is 1.74. The van der Waals surface area contributed by atoms with Crippen molar-refractivity contribution in [1.29, 1.82) is 0 Å². The van der Waals surface area contributed by atoms with Crippen LogP contribution in [-0.4, -0.2) is 60.3 Å². The summed E-state index contributed by atoms with van der Waals surface area (Å²) in [6, 6.07) is 1.46. The zero-order valence-corrected chi connectivity index (χ0v) is 14.5. The van der Waals surface area contributed by atoms with Crippen LogP contribution in [0.4, 0.5) is 18.0 Å². The zero-order chi connectivity index (χ0) is 18.6. The van der Waals surface area contributed by atoms with Crippen LogP contribution in [0, 0.1) is 17.5 Å². The van der Waals surface area contributed by atoms with Crippen molar-refractivity contribution in [2.45, 2.75) is 49.4 Å². The molecule has 0 radical (unpaired) electrons. The summed E-state index contributed by atoms with van der Waals surface area (Å²) in [6.45, 7) is 1.40. The van der Waals surface area contributed by atoms with E-state index >= 15 is 0 Å². The van der Waals surface area contributed by atoms with Gasteiger partial charge in [-0.2, -0.15) is 0 Å². The number of nitrogens with zero attached hydrogens (tertiary/aromatic N) is 2. The summed E-state index contributed by atoms with van der Waals surface area (Å²) in [5.41, 5.74) is 6.44. The molecule has 8 heteroatoms. The standard InChI is InChI=1S/C18H22F3N3O2/c1-23-16-7-24(8-17(16)26-18(23)25)9-2-3-10(15(22)4-9)11-5-13(20)14(21)6-12(11)19/h5-6,9-10,15-17H,2-4,7-8,22H2,1H3/t9-,10?,15?,16-,17+/m0/s1. The van der Waals surface area contributed by atoms with Gasteiger partial charge in [0.25, 0.3) is 0 Å². The van der Waals surface area contributed by atoms with Gasteiger partial charge in [0, 0.05) is 44.2 Å². The van der Waals surface area contributed by atoms with Gasteiger partial charge in [0.2, 0.25) is 0 Å². The van der Waals surface area contributed by atoms with Crippen molar-refractivity contribution in [3.63, 3.8) is 0 Å². The third-order valence-electron chi connectivity index (χ3n) is 6.13. The molecule has 2 aliphatic heterocycles. The highest BCUT2D eigenvalue weighted by atomic mass is 19.2. The summed E-state index contributed by atoms with van der Waals surface area (Å²) in [6.07, 6.45) is 1.63. The Morgan fingerprint density at radius 1 is 1.12 bits per heavy atom. The number of ether oxygens (including phenoxy) is 1. The zero-order valence-electron chi connectivity index (χ0n) is 14.5. The lowest BCUT2D eigenvalue weighted by atomic mass is 9.77. The monoisotopic (exact) mass is 369 g/mol. The lowest BCUT2D eigenvalue weighted by molar-refractivity contribution is 0.102. The number of carbonyl (C=O) groups excluding carboxylic acids is 1. The molecule has 1 aromatic carbocycles. The SMILES string of the molecule is CN1C(=O)O[C@@H]2CN([C@H]3CCC(c4cc(F)c(F)cc4F)C(N)C3)C[C@@H]21. The Morgan fingerprint density at radius 2 is 1.85 bits per heavy atom. The molecule has 0 spiro atoms. The molecule has 5 atom stereocenters. The maximum absolute atomic E-state index is 14.1. The van der Waals surface area contributed by atoms with Gasteiger partial charge in [-0.25, -0.2) is 18.0 Å². The lowest BCUT2D eigenvalue weighted by Crippen LogP contribution is -2.46. The molecule has 1 amide bonds. The first-order chi connectivity index (χ1) is 12.3. The molecule has 4 rings (SSSR count). The van der Waals surface area contributed by atoms with Gasteiger partial charge in [0.05, 0.1) is 6.04 Å². The van der Waals surface area contributed by atoms with E-state index in [0.717, 1.165) is 19.0 Å². The molecule has 142 valence electrons. The first-order valence-corrected chi connectivity index (χ1v) is 8.92. The molecule has 2 heterocycles. The molecule has 2 unspecified atom stereocenters. The predicted molar refractivity (Wildman–Crippen MR) is 88.1 cm³/mol. The highest BCUT2D eigenvalue weighted by Gasteiger charge is 2.48. The largest absolute Gasteiger partial charge is 0.442 e. The van der Waals surface area contributed by atoms with Gasteiger partial charge < -0.3 is 15.4 Å². The van der Waals surface area contributed by atoms with E-state index in [1.807, 2.05) is 0 Å². The minimum atomic E-state index is -1.18. The van der Waals surface area contributed by atoms with Crippen molar-refractivity contribution in [3.05, 3.63) is 35.1 Å². The molecule has 0 aromatic heterocycles. The first kappa shape index (κ1) is 17.6. The Kier molecular flexibility index (Phi) is 4.35. The van der Waals surface area contributed by atoms with Gasteiger partial charge in [-0.1, -0.05) is 0 Å². The van der Waals surface area contributed by atoms with Crippen LogP contribution in [0.1, 0.15) is 30.7 Å². The van der Waals surface area contributed by atoms with Crippen LogP contribution in [0.25, 0.3) is 0 Å². The van der Waals surface area contributed by atoms with Gasteiger partial charge in [-0.3, -0.25) is 4.90 Å². The first-order valence-electron chi connectivity index (χ1n) is 8.92. The van der Waals surface area contributed by atoms with Crippen molar-refractivity contribution >= 4 is 6.09 Å². The van der Waals surface area contributed by atoms with Crippen molar-refractivity contribution in [3.8, 4) is 0 Å². The molecular weight excluding hydrogens is 347 g/mol. The lowest BCUT2D eigenvalue weighted by Gasteiger charge is -2.39. The third kappa shape index (κ3) is 2.85. The summed E-state index contributed by atoms with van der Waals surface area (Å²) in [4.78, 5) is 15.5. The minimum absolute atomic E-state index is 0.0556. The number of likely N-dealkylation sites (N-methyl/N-ethyl adjacent to an activating group) is 1. The third-order valence-corrected chi connectivity index (χ3v) is 6.13. The number of likely N-dealkylation sites (tertiary alicyclic amines) is 1. The molecule has 3 fully saturated rings. The van der Waals surface area contributed by atoms with Crippen LogP contribution in [0.15, 0.2) is 12.1 Å². The fourth-order valence-electron chi connectivity index (χ4n) is 4.64. The van der Waals surface area contributed by atoms with Crippen molar-refractivity contribution in [1.82, 2.24) is 9.80 Å². The molecule has 2 saturated heterocycles. The van der Waals surface area contributed by atoms with Crippen LogP contribution in [0.5, 0.6) is 0 Å². The normalized spacial score (nSPS) is 34.9. The predicted octanol–water partition coefficient (Wildman–Crippen LogP) is 2.20. The summed E-state index contributed by atoms with van der Waals surface area (Å²) >= 11 is 0. The number of nitrogens with two attached hydrogens (primary N) is 1. The highest BCUT2D eigenvalue weighted by Crippen LogP contribution is 2.38. The van der Waals surface area contributed by atoms with E-state index in [1.54, 1.807) is 11.9 Å². The molecule has 0 bridgehead atoms. The Hall–Kier alpha value is -1.80. The Morgan fingerprint density at radius 3 is 2.54 bits per heavy atom. The fraction of sp³-hybridized carbons (Fsp3) is 0.611. The number of rotatable bonds is 2. The highest BCUT2D eigenvalue weighted by molar-refractivity contribution is 5.70. The second-order valence-corrected chi connectivity index (χ2v) is 7.58. The molecule has 3 aliphatic rings. The van der Waals surface area contributed by atoms with Gasteiger partial charge in [0.15, 0.2) is 11.6 Å². The number of fused-ring (bicyclic) bond motifs is 1. The number of halogens is 3. The fourth-order valence-corrected chi connectivity index (χ4v) is 4.64. The Balaban J connectivity index is 1.43. The van der Waals surface area contributed by atoms with Crippen LogP contribution >= 0.6 is 0 Å². The topological polar surface area (TPSA) is 58.8 Å². The Labute approximate surface area is 149 Å². The van der Waals surface area contributed by atoms with E-state index < -0.39 is 17.5 Å². The summed E-state index contributed by atoms with van der Waals surface area (Å²) in [5, 5.41) is 0. The molecule has 1 aliphatic carbocycles. The maximum Gasteiger partial charge on any atom is 0.410 e. The average molecular weight is 369 g/mol. The van der Waals surface area contributed by atoms with E-state index in [2.05, 4.69) is 4.90 Å². The van der Waals surface area contributed by atoms with Crippen molar-refractivity contribution in [2.24, 2.45) is 5.73 Å². The number of hydrogen-bond acceptors (Lipinski definition) is 4. The van der Waals surface area contributed by atoms with Gasteiger partial charge in [-0.05, 0) is 30.9 Å².